The molecule has 1 aromatic carbocycles. The van der Waals surface area contributed by atoms with Gasteiger partial charge in [-0.05, 0) is 30.7 Å². The van der Waals surface area contributed by atoms with Crippen molar-refractivity contribution in [2.24, 2.45) is 0 Å². The van der Waals surface area contributed by atoms with Crippen molar-refractivity contribution in [3.8, 4) is 11.5 Å². The number of aromatic nitrogens is 2. The molecule has 0 N–H and O–H groups in total. The molecule has 1 aliphatic heterocycles. The van der Waals surface area contributed by atoms with Gasteiger partial charge in [0.1, 0.15) is 12.2 Å². The van der Waals surface area contributed by atoms with Gasteiger partial charge >= 0.3 is 5.63 Å². The minimum absolute atomic E-state index is 0.0476. The van der Waals surface area contributed by atoms with Gasteiger partial charge in [-0.1, -0.05) is 17.3 Å². The van der Waals surface area contributed by atoms with Gasteiger partial charge in [-0.15, -0.1) is 0 Å². The summed E-state index contributed by atoms with van der Waals surface area (Å²) < 4.78 is 21.9. The van der Waals surface area contributed by atoms with Crippen LogP contribution in [-0.2, 0) is 6.54 Å². The molecule has 1 unspecified atom stereocenters. The molecule has 9 heteroatoms. The summed E-state index contributed by atoms with van der Waals surface area (Å²) in [6.45, 7) is 3.64. The molecule has 1 amide bonds. The van der Waals surface area contributed by atoms with Gasteiger partial charge in [0.05, 0.1) is 6.54 Å². The molecule has 3 aromatic rings. The second kappa shape index (κ2) is 7.42. The zero-order valence-corrected chi connectivity index (χ0v) is 16.2. The van der Waals surface area contributed by atoms with Crippen LogP contribution in [0.15, 0.2) is 44.1 Å². The van der Waals surface area contributed by atoms with Gasteiger partial charge in [0.25, 0.3) is 5.91 Å². The van der Waals surface area contributed by atoms with Gasteiger partial charge < -0.3 is 23.3 Å². The van der Waals surface area contributed by atoms with E-state index in [1.807, 2.05) is 12.1 Å². The van der Waals surface area contributed by atoms with Crippen molar-refractivity contribution in [1.29, 1.82) is 0 Å². The molecule has 0 saturated heterocycles. The summed E-state index contributed by atoms with van der Waals surface area (Å²) >= 11 is 0. The molecule has 0 spiro atoms. The molecule has 1 aliphatic rings. The van der Waals surface area contributed by atoms with E-state index in [-0.39, 0.29) is 18.7 Å². The molecular formula is C20H19N3O6. The lowest BCUT2D eigenvalue weighted by Gasteiger charge is -2.26. The number of nitrogens with zero attached hydrogens (tertiary/aromatic N) is 3. The first-order chi connectivity index (χ1) is 13.9. The molecule has 0 aliphatic carbocycles. The molecule has 9 nitrogen and oxygen atoms in total. The molecule has 3 heterocycles. The maximum atomic E-state index is 12.8. The van der Waals surface area contributed by atoms with Crippen LogP contribution in [0, 0.1) is 13.8 Å². The molecule has 0 fully saturated rings. The Labute approximate surface area is 165 Å². The fourth-order valence-corrected chi connectivity index (χ4v) is 3.09. The van der Waals surface area contributed by atoms with Crippen molar-refractivity contribution in [2.45, 2.75) is 26.5 Å². The highest BCUT2D eigenvalue weighted by molar-refractivity contribution is 5.94. The third-order valence-electron chi connectivity index (χ3n) is 4.50. The van der Waals surface area contributed by atoms with Gasteiger partial charge in [0.15, 0.2) is 29.2 Å². The standard InChI is InChI=1S/C20H19N3O6/c1-11-8-15(16-10-26-13-6-4-5-7-14(13)27-16)28-20(25)18(11)19(24)23(3)9-17-21-12(2)29-22-17/h4-8,16H,9-10H2,1-3H3. The van der Waals surface area contributed by atoms with Crippen LogP contribution in [0.5, 0.6) is 11.5 Å². The van der Waals surface area contributed by atoms with E-state index in [9.17, 15) is 9.59 Å². The van der Waals surface area contributed by atoms with Crippen molar-refractivity contribution in [1.82, 2.24) is 15.0 Å². The molecule has 0 saturated carbocycles. The third-order valence-corrected chi connectivity index (χ3v) is 4.50. The first kappa shape index (κ1) is 18.7. The molecular weight excluding hydrogens is 378 g/mol. The van der Waals surface area contributed by atoms with Gasteiger partial charge in [-0.25, -0.2) is 4.79 Å². The zero-order valence-electron chi connectivity index (χ0n) is 16.2. The molecule has 29 heavy (non-hydrogen) atoms. The Morgan fingerprint density at radius 1 is 1.24 bits per heavy atom. The minimum atomic E-state index is -0.733. The number of aryl methyl sites for hydroxylation is 2. The topological polar surface area (TPSA) is 108 Å². The van der Waals surface area contributed by atoms with E-state index in [4.69, 9.17) is 18.4 Å². The van der Waals surface area contributed by atoms with Crippen LogP contribution < -0.4 is 15.1 Å². The first-order valence-electron chi connectivity index (χ1n) is 9.00. The second-order valence-electron chi connectivity index (χ2n) is 6.75. The Balaban J connectivity index is 1.56. The summed E-state index contributed by atoms with van der Waals surface area (Å²) in [5.41, 5.74) is -0.294. The number of fused-ring (bicyclic) bond motifs is 1. The van der Waals surface area contributed by atoms with Gasteiger partial charge in [0, 0.05) is 14.0 Å². The van der Waals surface area contributed by atoms with E-state index in [1.165, 1.54) is 4.90 Å². The summed E-state index contributed by atoms with van der Waals surface area (Å²) in [6, 6.07) is 8.88. The SMILES string of the molecule is Cc1nc(CN(C)C(=O)c2c(C)cc(C3COc4ccccc4O3)oc2=O)no1. The van der Waals surface area contributed by atoms with Gasteiger partial charge in [-0.3, -0.25) is 4.79 Å². The monoisotopic (exact) mass is 397 g/mol. The number of rotatable bonds is 4. The predicted molar refractivity (Wildman–Crippen MR) is 99.9 cm³/mol. The summed E-state index contributed by atoms with van der Waals surface area (Å²) in [4.78, 5) is 30.8. The Morgan fingerprint density at radius 2 is 2.00 bits per heavy atom. The smallest absolute Gasteiger partial charge is 0.349 e. The second-order valence-corrected chi connectivity index (χ2v) is 6.75. The van der Waals surface area contributed by atoms with Gasteiger partial charge in [-0.2, -0.15) is 4.98 Å². The highest BCUT2D eigenvalue weighted by Crippen LogP contribution is 2.35. The number of carbonyl (C=O) groups is 1. The lowest BCUT2D eigenvalue weighted by molar-refractivity contribution is 0.0707. The van der Waals surface area contributed by atoms with E-state index < -0.39 is 17.6 Å². The van der Waals surface area contributed by atoms with Crippen molar-refractivity contribution in [3.63, 3.8) is 0 Å². The fourth-order valence-electron chi connectivity index (χ4n) is 3.09. The van der Waals surface area contributed by atoms with Crippen LogP contribution in [0.4, 0.5) is 0 Å². The first-order valence-corrected chi connectivity index (χ1v) is 9.00. The maximum absolute atomic E-state index is 12.8. The average Bonchev–Trinajstić information content (AvgIpc) is 3.11. The maximum Gasteiger partial charge on any atom is 0.349 e. The number of ether oxygens (including phenoxy) is 2. The normalized spacial score (nSPS) is 15.2. The van der Waals surface area contributed by atoms with E-state index in [1.54, 1.807) is 39.1 Å². The molecule has 150 valence electrons. The van der Waals surface area contributed by atoms with Crippen molar-refractivity contribution < 1.29 is 23.2 Å². The lowest BCUT2D eigenvalue weighted by atomic mass is 10.1. The van der Waals surface area contributed by atoms with E-state index in [2.05, 4.69) is 10.1 Å². The van der Waals surface area contributed by atoms with Crippen molar-refractivity contribution in [3.05, 3.63) is 69.4 Å². The van der Waals surface area contributed by atoms with Crippen LogP contribution >= 0.6 is 0 Å². The van der Waals surface area contributed by atoms with Crippen molar-refractivity contribution >= 4 is 5.91 Å². The number of amides is 1. The Kier molecular flexibility index (Phi) is 4.79. The third kappa shape index (κ3) is 3.71. The number of benzene rings is 1. The van der Waals surface area contributed by atoms with Crippen LogP contribution in [0.25, 0.3) is 0 Å². The number of hydrogen-bond acceptors (Lipinski definition) is 8. The highest BCUT2D eigenvalue weighted by Gasteiger charge is 2.28. The summed E-state index contributed by atoms with van der Waals surface area (Å²) in [7, 11) is 1.55. The van der Waals surface area contributed by atoms with Crippen LogP contribution in [0.2, 0.25) is 0 Å². The zero-order chi connectivity index (χ0) is 20.5. The number of carbonyl (C=O) groups excluding carboxylic acids is 1. The Hall–Kier alpha value is -3.62. The van der Waals surface area contributed by atoms with E-state index >= 15 is 0 Å². The summed E-state index contributed by atoms with van der Waals surface area (Å²) in [5, 5.41) is 3.76. The van der Waals surface area contributed by atoms with E-state index in [0.717, 1.165) is 0 Å². The van der Waals surface area contributed by atoms with E-state index in [0.29, 0.717) is 34.5 Å². The molecule has 2 aromatic heterocycles. The molecule has 1 atom stereocenters. The molecule has 0 radical (unpaired) electrons. The fraction of sp³-hybridized carbons (Fsp3) is 0.300. The quantitative estimate of drug-likeness (QED) is 0.660. The highest BCUT2D eigenvalue weighted by atomic mass is 16.6. The van der Waals surface area contributed by atoms with Gasteiger partial charge in [0.2, 0.25) is 5.89 Å². The van der Waals surface area contributed by atoms with Crippen molar-refractivity contribution in [2.75, 3.05) is 13.7 Å². The Bertz CT molecular complexity index is 1120. The molecule has 0 bridgehead atoms. The summed E-state index contributed by atoms with van der Waals surface area (Å²) in [5.74, 6) is 1.76. The average molecular weight is 397 g/mol. The predicted octanol–water partition coefficient (Wildman–Crippen LogP) is 2.42. The number of para-hydroxylation sites is 2. The van der Waals surface area contributed by atoms with Crippen LogP contribution in [0.3, 0.4) is 0 Å². The lowest BCUT2D eigenvalue weighted by Crippen LogP contribution is -2.32. The van der Waals surface area contributed by atoms with Crippen LogP contribution in [-0.4, -0.2) is 34.6 Å². The largest absolute Gasteiger partial charge is 0.485 e. The molecule has 4 rings (SSSR count). The summed E-state index contributed by atoms with van der Waals surface area (Å²) in [6.07, 6.45) is -0.583. The minimum Gasteiger partial charge on any atom is -0.485 e. The number of hydrogen-bond donors (Lipinski definition) is 0. The van der Waals surface area contributed by atoms with Crippen LogP contribution in [0.1, 0.15) is 39.5 Å². The Morgan fingerprint density at radius 3 is 2.69 bits per heavy atom.